The van der Waals surface area contributed by atoms with E-state index >= 15 is 0 Å². The number of rotatable bonds is 4. The minimum absolute atomic E-state index is 0.164. The standard InChI is InChI=1S/C20H16ClNO5/c21-13-5-3-12(4-6-13)19(23)14-10-17-18(27-9-8-26-17)11-15(14)22-20(24)16-2-1-7-25-16/h1-7,10-11,19,23H,8-9H2,(H,22,24)/t19-/m0/s1. The van der Waals surface area contributed by atoms with Gasteiger partial charge < -0.3 is 24.3 Å². The zero-order valence-corrected chi connectivity index (χ0v) is 14.9. The fourth-order valence-corrected chi connectivity index (χ4v) is 2.98. The lowest BCUT2D eigenvalue weighted by Crippen LogP contribution is -2.18. The van der Waals surface area contributed by atoms with Crippen molar-refractivity contribution < 1.29 is 23.8 Å². The van der Waals surface area contributed by atoms with Gasteiger partial charge in [-0.3, -0.25) is 4.79 Å². The summed E-state index contributed by atoms with van der Waals surface area (Å²) in [5, 5.41) is 14.2. The quantitative estimate of drug-likeness (QED) is 0.708. The lowest BCUT2D eigenvalue weighted by Gasteiger charge is -2.23. The number of aliphatic hydroxyl groups excluding tert-OH is 1. The monoisotopic (exact) mass is 385 g/mol. The van der Waals surface area contributed by atoms with Crippen LogP contribution in [-0.2, 0) is 0 Å². The van der Waals surface area contributed by atoms with E-state index in [-0.39, 0.29) is 5.76 Å². The van der Waals surface area contributed by atoms with Gasteiger partial charge in [-0.25, -0.2) is 0 Å². The number of carbonyl (C=O) groups excluding carboxylic acids is 1. The summed E-state index contributed by atoms with van der Waals surface area (Å²) in [5.74, 6) is 0.751. The first kappa shape index (κ1) is 17.5. The van der Waals surface area contributed by atoms with Crippen molar-refractivity contribution in [1.29, 1.82) is 0 Å². The van der Waals surface area contributed by atoms with Crippen molar-refractivity contribution in [2.24, 2.45) is 0 Å². The number of nitrogens with one attached hydrogen (secondary N) is 1. The molecule has 1 aliphatic rings. The van der Waals surface area contributed by atoms with Crippen LogP contribution in [0.25, 0.3) is 0 Å². The Morgan fingerprint density at radius 1 is 1.07 bits per heavy atom. The molecule has 0 spiro atoms. The second-order valence-electron chi connectivity index (χ2n) is 5.97. The first-order chi connectivity index (χ1) is 13.1. The summed E-state index contributed by atoms with van der Waals surface area (Å²) >= 11 is 5.93. The molecule has 0 saturated heterocycles. The van der Waals surface area contributed by atoms with E-state index in [1.807, 2.05) is 0 Å². The fraction of sp³-hybridized carbons (Fsp3) is 0.150. The molecule has 138 valence electrons. The molecule has 0 saturated carbocycles. The van der Waals surface area contributed by atoms with Crippen molar-refractivity contribution in [2.75, 3.05) is 18.5 Å². The summed E-state index contributed by atoms with van der Waals surface area (Å²) in [6, 6.07) is 13.3. The number of furan rings is 1. The van der Waals surface area contributed by atoms with Crippen molar-refractivity contribution in [3.63, 3.8) is 0 Å². The van der Waals surface area contributed by atoms with E-state index in [4.69, 9.17) is 25.5 Å². The first-order valence-electron chi connectivity index (χ1n) is 8.34. The molecule has 2 aromatic carbocycles. The van der Waals surface area contributed by atoms with Crippen molar-refractivity contribution in [1.82, 2.24) is 0 Å². The largest absolute Gasteiger partial charge is 0.486 e. The number of hydrogen-bond acceptors (Lipinski definition) is 5. The third kappa shape index (κ3) is 3.63. The van der Waals surface area contributed by atoms with E-state index in [9.17, 15) is 9.90 Å². The highest BCUT2D eigenvalue weighted by Crippen LogP contribution is 2.40. The van der Waals surface area contributed by atoms with Gasteiger partial charge in [-0.1, -0.05) is 23.7 Å². The molecule has 4 rings (SSSR count). The summed E-state index contributed by atoms with van der Waals surface area (Å²) < 4.78 is 16.3. The van der Waals surface area contributed by atoms with Crippen LogP contribution >= 0.6 is 11.6 Å². The van der Waals surface area contributed by atoms with Crippen molar-refractivity contribution >= 4 is 23.2 Å². The summed E-state index contributed by atoms with van der Waals surface area (Å²) in [4.78, 5) is 12.4. The number of aliphatic hydroxyl groups is 1. The minimum atomic E-state index is -0.995. The van der Waals surface area contributed by atoms with Gasteiger partial charge in [-0.2, -0.15) is 0 Å². The molecule has 0 bridgehead atoms. The number of ether oxygens (including phenoxy) is 2. The lowest BCUT2D eigenvalue weighted by molar-refractivity contribution is 0.0996. The molecule has 1 aliphatic heterocycles. The van der Waals surface area contributed by atoms with Gasteiger partial charge in [0, 0.05) is 16.7 Å². The SMILES string of the molecule is O=C(Nc1cc2c(cc1[C@@H](O)c1ccc(Cl)cc1)OCCO2)c1ccco1. The average Bonchev–Trinajstić information content (AvgIpc) is 3.22. The molecule has 1 amide bonds. The van der Waals surface area contributed by atoms with Crippen LogP contribution in [0.5, 0.6) is 11.5 Å². The molecule has 7 heteroatoms. The Balaban J connectivity index is 1.73. The van der Waals surface area contributed by atoms with E-state index in [1.165, 1.54) is 6.26 Å². The normalized spacial score (nSPS) is 13.9. The van der Waals surface area contributed by atoms with Gasteiger partial charge in [-0.15, -0.1) is 0 Å². The predicted molar refractivity (Wildman–Crippen MR) is 99.6 cm³/mol. The summed E-state index contributed by atoms with van der Waals surface area (Å²) in [6.45, 7) is 0.833. The van der Waals surface area contributed by atoms with Gasteiger partial charge in [0.05, 0.1) is 12.0 Å². The first-order valence-corrected chi connectivity index (χ1v) is 8.71. The van der Waals surface area contributed by atoms with E-state index in [0.717, 1.165) is 0 Å². The van der Waals surface area contributed by atoms with E-state index in [0.29, 0.717) is 46.5 Å². The second kappa shape index (κ2) is 7.34. The Kier molecular flexibility index (Phi) is 4.75. The molecule has 3 aromatic rings. The summed E-state index contributed by atoms with van der Waals surface area (Å²) in [6.07, 6.45) is 0.423. The van der Waals surface area contributed by atoms with E-state index in [2.05, 4.69) is 5.32 Å². The van der Waals surface area contributed by atoms with Crippen LogP contribution in [0.1, 0.15) is 27.8 Å². The van der Waals surface area contributed by atoms with E-state index < -0.39 is 12.0 Å². The van der Waals surface area contributed by atoms with Crippen molar-refractivity contribution in [2.45, 2.75) is 6.10 Å². The maximum absolute atomic E-state index is 12.4. The number of anilines is 1. The van der Waals surface area contributed by atoms with Crippen LogP contribution in [-0.4, -0.2) is 24.2 Å². The molecule has 0 unspecified atom stereocenters. The molecule has 6 nitrogen and oxygen atoms in total. The number of carbonyl (C=O) groups is 1. The highest BCUT2D eigenvalue weighted by Gasteiger charge is 2.23. The Morgan fingerprint density at radius 3 is 2.44 bits per heavy atom. The average molecular weight is 386 g/mol. The number of fused-ring (bicyclic) bond motifs is 1. The Morgan fingerprint density at radius 2 is 1.78 bits per heavy atom. The van der Waals surface area contributed by atoms with Crippen LogP contribution < -0.4 is 14.8 Å². The predicted octanol–water partition coefficient (Wildman–Crippen LogP) is 4.04. The second-order valence-corrected chi connectivity index (χ2v) is 6.41. The molecule has 1 atom stereocenters. The summed E-state index contributed by atoms with van der Waals surface area (Å²) in [5.41, 5.74) is 1.51. The van der Waals surface area contributed by atoms with Gasteiger partial charge in [-0.05, 0) is 35.9 Å². The maximum Gasteiger partial charge on any atom is 0.291 e. The Labute approximate surface area is 160 Å². The smallest absolute Gasteiger partial charge is 0.291 e. The fourth-order valence-electron chi connectivity index (χ4n) is 2.86. The third-order valence-electron chi connectivity index (χ3n) is 4.19. The maximum atomic E-state index is 12.4. The summed E-state index contributed by atoms with van der Waals surface area (Å²) in [7, 11) is 0. The highest BCUT2D eigenvalue weighted by atomic mass is 35.5. The minimum Gasteiger partial charge on any atom is -0.486 e. The van der Waals surface area contributed by atoms with Crippen LogP contribution in [0.2, 0.25) is 5.02 Å². The molecular formula is C20H16ClNO5. The molecule has 0 aliphatic carbocycles. The van der Waals surface area contributed by atoms with Crippen molar-refractivity contribution in [3.8, 4) is 11.5 Å². The van der Waals surface area contributed by atoms with E-state index in [1.54, 1.807) is 48.5 Å². The molecule has 27 heavy (non-hydrogen) atoms. The van der Waals surface area contributed by atoms with Crippen LogP contribution in [0.4, 0.5) is 5.69 Å². The molecular weight excluding hydrogens is 370 g/mol. The molecule has 1 aromatic heterocycles. The number of benzene rings is 2. The van der Waals surface area contributed by atoms with Gasteiger partial charge in [0.2, 0.25) is 0 Å². The molecule has 2 N–H and O–H groups in total. The molecule has 0 fully saturated rings. The molecule has 2 heterocycles. The molecule has 0 radical (unpaired) electrons. The highest BCUT2D eigenvalue weighted by molar-refractivity contribution is 6.30. The van der Waals surface area contributed by atoms with Crippen molar-refractivity contribution in [3.05, 3.63) is 76.7 Å². The number of amides is 1. The zero-order valence-electron chi connectivity index (χ0n) is 14.1. The van der Waals surface area contributed by atoms with Gasteiger partial charge in [0.25, 0.3) is 5.91 Å². The van der Waals surface area contributed by atoms with Gasteiger partial charge in [0.15, 0.2) is 17.3 Å². The van der Waals surface area contributed by atoms with Crippen LogP contribution in [0.3, 0.4) is 0 Å². The van der Waals surface area contributed by atoms with Gasteiger partial charge >= 0.3 is 0 Å². The zero-order chi connectivity index (χ0) is 18.8. The van der Waals surface area contributed by atoms with Crippen LogP contribution in [0, 0.1) is 0 Å². The lowest BCUT2D eigenvalue weighted by atomic mass is 9.99. The Bertz CT molecular complexity index is 953. The van der Waals surface area contributed by atoms with Crippen LogP contribution in [0.15, 0.2) is 59.2 Å². The van der Waals surface area contributed by atoms with Gasteiger partial charge in [0.1, 0.15) is 19.3 Å². The number of halogens is 1. The number of hydrogen-bond donors (Lipinski definition) is 2. The Hall–Kier alpha value is -2.96. The topological polar surface area (TPSA) is 80.9 Å². The third-order valence-corrected chi connectivity index (χ3v) is 4.44.